The molecule has 2 atom stereocenters. The summed E-state index contributed by atoms with van der Waals surface area (Å²) in [5, 5.41) is 10.5. The predicted molar refractivity (Wildman–Crippen MR) is 78.7 cm³/mol. The number of hydrogen-bond donors (Lipinski definition) is 1. The molecule has 0 saturated heterocycles. The van der Waals surface area contributed by atoms with Crippen molar-refractivity contribution >= 4 is 5.97 Å². The Morgan fingerprint density at radius 1 is 1.53 bits per heavy atom. The van der Waals surface area contributed by atoms with Crippen LogP contribution in [0.2, 0.25) is 0 Å². The Kier molecular flexibility index (Phi) is 8.08. The third-order valence-electron chi connectivity index (χ3n) is 2.87. The van der Waals surface area contributed by atoms with Crippen LogP contribution in [0.4, 0.5) is 0 Å². The standard InChI is InChI=1S/C16H26O3/c1-6-14(5)9-11-16(18,10-8-13(3)4)12-15(17)19-7-2/h6,8,10,14,18H,1,3,7,9,11-12H2,2,4-5H3/b10-8+/t14-,16?/m1/s1. The molecule has 3 nitrogen and oxygen atoms in total. The van der Waals surface area contributed by atoms with Gasteiger partial charge in [0, 0.05) is 0 Å². The summed E-state index contributed by atoms with van der Waals surface area (Å²) in [7, 11) is 0. The van der Waals surface area contributed by atoms with Crippen LogP contribution in [-0.4, -0.2) is 23.3 Å². The lowest BCUT2D eigenvalue weighted by Gasteiger charge is -2.24. The van der Waals surface area contributed by atoms with E-state index in [0.717, 1.165) is 12.0 Å². The molecule has 0 radical (unpaired) electrons. The number of esters is 1. The van der Waals surface area contributed by atoms with E-state index in [1.54, 1.807) is 19.1 Å². The lowest BCUT2D eigenvalue weighted by atomic mass is 9.89. The first-order valence-corrected chi connectivity index (χ1v) is 6.68. The molecular weight excluding hydrogens is 240 g/mol. The molecule has 1 N–H and O–H groups in total. The highest BCUT2D eigenvalue weighted by molar-refractivity contribution is 5.71. The molecule has 0 aromatic rings. The first-order chi connectivity index (χ1) is 8.83. The fourth-order valence-electron chi connectivity index (χ4n) is 1.59. The van der Waals surface area contributed by atoms with Gasteiger partial charge >= 0.3 is 5.97 Å². The normalized spacial score (nSPS) is 15.8. The Hall–Kier alpha value is -1.35. The van der Waals surface area contributed by atoms with Gasteiger partial charge in [0.1, 0.15) is 0 Å². The zero-order valence-electron chi connectivity index (χ0n) is 12.3. The van der Waals surface area contributed by atoms with Crippen LogP contribution in [0.15, 0.2) is 37.0 Å². The molecule has 0 aromatic carbocycles. The van der Waals surface area contributed by atoms with Crippen molar-refractivity contribution in [3.8, 4) is 0 Å². The van der Waals surface area contributed by atoms with E-state index in [1.165, 1.54) is 0 Å². The number of carbonyl (C=O) groups is 1. The van der Waals surface area contributed by atoms with E-state index >= 15 is 0 Å². The Labute approximate surface area is 116 Å². The van der Waals surface area contributed by atoms with E-state index in [4.69, 9.17) is 4.74 Å². The van der Waals surface area contributed by atoms with Crippen LogP contribution in [0.25, 0.3) is 0 Å². The number of aliphatic hydroxyl groups is 1. The maximum Gasteiger partial charge on any atom is 0.309 e. The first kappa shape index (κ1) is 17.6. The summed E-state index contributed by atoms with van der Waals surface area (Å²) in [5.74, 6) is -0.0884. The minimum Gasteiger partial charge on any atom is -0.466 e. The molecule has 0 aromatic heterocycles. The molecule has 0 bridgehead atoms. The van der Waals surface area contributed by atoms with E-state index in [1.807, 2.05) is 19.9 Å². The van der Waals surface area contributed by atoms with Crippen LogP contribution < -0.4 is 0 Å². The molecule has 3 heteroatoms. The summed E-state index contributed by atoms with van der Waals surface area (Å²) < 4.78 is 4.90. The van der Waals surface area contributed by atoms with Gasteiger partial charge in [-0.2, -0.15) is 0 Å². The molecule has 1 unspecified atom stereocenters. The Morgan fingerprint density at radius 3 is 2.63 bits per heavy atom. The number of hydrogen-bond acceptors (Lipinski definition) is 3. The fourth-order valence-corrected chi connectivity index (χ4v) is 1.59. The Balaban J connectivity index is 4.74. The van der Waals surface area contributed by atoms with Gasteiger partial charge in [-0.3, -0.25) is 4.79 Å². The molecule has 0 heterocycles. The van der Waals surface area contributed by atoms with Crippen molar-refractivity contribution in [2.24, 2.45) is 5.92 Å². The number of allylic oxidation sites excluding steroid dienone is 3. The summed E-state index contributed by atoms with van der Waals surface area (Å²) in [6.45, 7) is 13.4. The second-order valence-electron chi connectivity index (χ2n) is 5.02. The molecule has 0 aliphatic heterocycles. The number of carbonyl (C=O) groups excluding carboxylic acids is 1. The Morgan fingerprint density at radius 2 is 2.16 bits per heavy atom. The van der Waals surface area contributed by atoms with Gasteiger partial charge in [0.05, 0.1) is 18.6 Å². The monoisotopic (exact) mass is 266 g/mol. The summed E-state index contributed by atoms with van der Waals surface area (Å²) >= 11 is 0. The molecule has 0 amide bonds. The highest BCUT2D eigenvalue weighted by Crippen LogP contribution is 2.24. The van der Waals surface area contributed by atoms with E-state index in [9.17, 15) is 9.90 Å². The van der Waals surface area contributed by atoms with Gasteiger partial charge in [-0.05, 0) is 32.6 Å². The van der Waals surface area contributed by atoms with E-state index in [0.29, 0.717) is 18.9 Å². The third-order valence-corrected chi connectivity index (χ3v) is 2.87. The minimum atomic E-state index is -1.18. The zero-order chi connectivity index (χ0) is 14.9. The average Bonchev–Trinajstić information content (AvgIpc) is 2.34. The quantitative estimate of drug-likeness (QED) is 0.395. The highest BCUT2D eigenvalue weighted by Gasteiger charge is 2.28. The molecule has 0 aliphatic carbocycles. The lowest BCUT2D eigenvalue weighted by molar-refractivity contribution is -0.147. The van der Waals surface area contributed by atoms with E-state index < -0.39 is 5.60 Å². The van der Waals surface area contributed by atoms with Crippen LogP contribution >= 0.6 is 0 Å². The largest absolute Gasteiger partial charge is 0.466 e. The van der Waals surface area contributed by atoms with Crippen molar-refractivity contribution in [2.45, 2.75) is 45.6 Å². The topological polar surface area (TPSA) is 46.5 Å². The maximum absolute atomic E-state index is 11.6. The van der Waals surface area contributed by atoms with Crippen LogP contribution in [0, 0.1) is 5.92 Å². The third kappa shape index (κ3) is 8.38. The maximum atomic E-state index is 11.6. The van der Waals surface area contributed by atoms with Gasteiger partial charge in [-0.1, -0.05) is 37.3 Å². The second kappa shape index (κ2) is 8.70. The van der Waals surface area contributed by atoms with Crippen LogP contribution in [-0.2, 0) is 9.53 Å². The predicted octanol–water partition coefficient (Wildman–Crippen LogP) is 3.41. The van der Waals surface area contributed by atoms with Crippen LogP contribution in [0.5, 0.6) is 0 Å². The summed E-state index contributed by atoms with van der Waals surface area (Å²) in [6, 6.07) is 0. The van der Waals surface area contributed by atoms with Crippen LogP contribution in [0.3, 0.4) is 0 Å². The molecule has 108 valence electrons. The van der Waals surface area contributed by atoms with Crippen molar-refractivity contribution < 1.29 is 14.6 Å². The zero-order valence-corrected chi connectivity index (χ0v) is 12.3. The number of rotatable bonds is 9. The van der Waals surface area contributed by atoms with Gasteiger partial charge in [0.2, 0.25) is 0 Å². The van der Waals surface area contributed by atoms with E-state index in [-0.39, 0.29) is 12.4 Å². The molecule has 0 fully saturated rings. The molecule has 0 spiro atoms. The molecule has 0 aliphatic rings. The van der Waals surface area contributed by atoms with Gasteiger partial charge in [-0.15, -0.1) is 6.58 Å². The fraction of sp³-hybridized carbons (Fsp3) is 0.562. The second-order valence-corrected chi connectivity index (χ2v) is 5.02. The smallest absolute Gasteiger partial charge is 0.309 e. The highest BCUT2D eigenvalue weighted by atomic mass is 16.5. The van der Waals surface area contributed by atoms with Gasteiger partial charge in [-0.25, -0.2) is 0 Å². The van der Waals surface area contributed by atoms with Crippen molar-refractivity contribution in [2.75, 3.05) is 6.61 Å². The van der Waals surface area contributed by atoms with Crippen molar-refractivity contribution in [3.05, 3.63) is 37.0 Å². The van der Waals surface area contributed by atoms with Gasteiger partial charge in [0.25, 0.3) is 0 Å². The molecule has 0 saturated carbocycles. The van der Waals surface area contributed by atoms with Crippen molar-refractivity contribution in [1.29, 1.82) is 0 Å². The minimum absolute atomic E-state index is 0.0333. The first-order valence-electron chi connectivity index (χ1n) is 6.68. The van der Waals surface area contributed by atoms with Crippen molar-refractivity contribution in [3.63, 3.8) is 0 Å². The molecule has 0 rings (SSSR count). The number of ether oxygens (including phenoxy) is 1. The van der Waals surface area contributed by atoms with Gasteiger partial charge in [0.15, 0.2) is 0 Å². The Bertz CT molecular complexity index is 344. The SMILES string of the molecule is C=C[C@@H](C)CCC(O)(/C=C/C(=C)C)CC(=O)OCC. The molecule has 19 heavy (non-hydrogen) atoms. The summed E-state index contributed by atoms with van der Waals surface area (Å²) in [5.41, 5.74) is -0.346. The van der Waals surface area contributed by atoms with Gasteiger partial charge < -0.3 is 9.84 Å². The summed E-state index contributed by atoms with van der Waals surface area (Å²) in [6.07, 6.45) is 6.43. The lowest BCUT2D eigenvalue weighted by Crippen LogP contribution is -2.31. The molecular formula is C16H26O3. The van der Waals surface area contributed by atoms with Crippen molar-refractivity contribution in [1.82, 2.24) is 0 Å². The van der Waals surface area contributed by atoms with E-state index in [2.05, 4.69) is 13.2 Å². The average molecular weight is 266 g/mol. The van der Waals surface area contributed by atoms with Crippen LogP contribution in [0.1, 0.15) is 40.0 Å². The summed E-state index contributed by atoms with van der Waals surface area (Å²) in [4.78, 5) is 11.6.